The highest BCUT2D eigenvalue weighted by atomic mass is 15.5. The lowest BCUT2D eigenvalue weighted by molar-refractivity contribution is 0.829. The molecule has 0 saturated heterocycles. The van der Waals surface area contributed by atoms with Crippen LogP contribution >= 0.6 is 0 Å². The first-order valence-corrected chi connectivity index (χ1v) is 6.79. The highest BCUT2D eigenvalue weighted by Crippen LogP contribution is 2.20. The molecular formula is C14H14N8. The molecule has 0 unspecified atom stereocenters. The fourth-order valence-electron chi connectivity index (χ4n) is 2.23. The Balaban J connectivity index is 1.90. The van der Waals surface area contributed by atoms with Crippen LogP contribution in [-0.2, 0) is 13.5 Å². The van der Waals surface area contributed by atoms with Crippen molar-refractivity contribution in [2.75, 3.05) is 5.32 Å². The number of aryl methyl sites for hydroxylation is 2. The van der Waals surface area contributed by atoms with E-state index in [9.17, 15) is 0 Å². The topological polar surface area (TPSA) is 108 Å². The van der Waals surface area contributed by atoms with Gasteiger partial charge in [0.15, 0.2) is 0 Å². The molecule has 0 aliphatic rings. The smallest absolute Gasteiger partial charge is 0.216 e. The Kier molecular flexibility index (Phi) is 3.53. The van der Waals surface area contributed by atoms with E-state index in [4.69, 9.17) is 5.26 Å². The van der Waals surface area contributed by atoms with Gasteiger partial charge in [-0.1, -0.05) is 6.92 Å². The Labute approximate surface area is 126 Å². The van der Waals surface area contributed by atoms with E-state index >= 15 is 0 Å². The number of H-pyrrole nitrogens is 1. The number of hydrogen-bond donors (Lipinski definition) is 2. The van der Waals surface area contributed by atoms with Gasteiger partial charge in [0.05, 0.1) is 11.0 Å². The molecule has 2 N–H and O–H groups in total. The van der Waals surface area contributed by atoms with Crippen LogP contribution in [0.1, 0.15) is 18.6 Å². The van der Waals surface area contributed by atoms with Gasteiger partial charge in [-0.05, 0) is 23.4 Å². The van der Waals surface area contributed by atoms with Crippen LogP contribution in [0.4, 0.5) is 5.69 Å². The van der Waals surface area contributed by atoms with E-state index in [1.807, 2.05) is 31.3 Å². The number of benzene rings is 1. The second-order valence-electron chi connectivity index (χ2n) is 4.69. The number of tetrazole rings is 1. The second kappa shape index (κ2) is 5.65. The van der Waals surface area contributed by atoms with Gasteiger partial charge in [-0.2, -0.15) is 10.5 Å². The average molecular weight is 294 g/mol. The van der Waals surface area contributed by atoms with Crippen LogP contribution in [0.2, 0.25) is 0 Å². The number of anilines is 1. The molecule has 1 aromatic carbocycles. The number of imidazole rings is 1. The summed E-state index contributed by atoms with van der Waals surface area (Å²) in [4.78, 5) is 4.59. The van der Waals surface area contributed by atoms with Crippen molar-refractivity contribution in [1.29, 1.82) is 5.26 Å². The number of allylic oxidation sites excluding steroid dienone is 1. The normalized spacial score (nSPS) is 11.6. The van der Waals surface area contributed by atoms with Crippen molar-refractivity contribution < 1.29 is 0 Å². The van der Waals surface area contributed by atoms with E-state index in [0.29, 0.717) is 5.57 Å². The fourth-order valence-corrected chi connectivity index (χ4v) is 2.23. The lowest BCUT2D eigenvalue weighted by Gasteiger charge is -2.02. The van der Waals surface area contributed by atoms with Gasteiger partial charge in [-0.3, -0.25) is 0 Å². The third-order valence-electron chi connectivity index (χ3n) is 3.38. The van der Waals surface area contributed by atoms with E-state index < -0.39 is 0 Å². The first-order chi connectivity index (χ1) is 10.7. The minimum Gasteiger partial charge on any atom is -0.360 e. The molecule has 2 heterocycles. The first-order valence-electron chi connectivity index (χ1n) is 6.79. The summed E-state index contributed by atoms with van der Waals surface area (Å²) in [5.74, 6) is 1.29. The molecule has 0 aliphatic heterocycles. The number of aromatic amines is 1. The number of fused-ring (bicyclic) bond motifs is 1. The van der Waals surface area contributed by atoms with Crippen molar-refractivity contribution in [3.63, 3.8) is 0 Å². The maximum absolute atomic E-state index is 9.12. The lowest BCUT2D eigenvalue weighted by atomic mass is 10.2. The molecule has 3 aromatic rings. The molecule has 0 spiro atoms. The number of nitrogens with zero attached hydrogens (tertiary/aromatic N) is 6. The largest absolute Gasteiger partial charge is 0.360 e. The summed E-state index contributed by atoms with van der Waals surface area (Å²) in [5.41, 5.74) is 3.12. The monoisotopic (exact) mass is 294 g/mol. The van der Waals surface area contributed by atoms with Gasteiger partial charge in [-0.15, -0.1) is 10.2 Å². The summed E-state index contributed by atoms with van der Waals surface area (Å²) in [5, 5.41) is 25.5. The summed E-state index contributed by atoms with van der Waals surface area (Å²) >= 11 is 0. The summed E-state index contributed by atoms with van der Waals surface area (Å²) in [6.45, 7) is 2.08. The zero-order valence-corrected chi connectivity index (χ0v) is 12.2. The molecule has 3 rings (SSSR count). The molecule has 110 valence electrons. The first kappa shape index (κ1) is 13.8. The second-order valence-corrected chi connectivity index (χ2v) is 4.69. The van der Waals surface area contributed by atoms with Crippen LogP contribution in [0.25, 0.3) is 16.6 Å². The van der Waals surface area contributed by atoms with E-state index in [2.05, 4.69) is 42.4 Å². The van der Waals surface area contributed by atoms with Crippen molar-refractivity contribution in [2.24, 2.45) is 7.05 Å². The number of nitrogens with one attached hydrogen (secondary N) is 2. The molecule has 0 fully saturated rings. The highest BCUT2D eigenvalue weighted by Gasteiger charge is 2.08. The summed E-state index contributed by atoms with van der Waals surface area (Å²) in [7, 11) is 2.01. The number of aromatic nitrogens is 6. The number of hydrogen-bond acceptors (Lipinski definition) is 6. The molecule has 0 amide bonds. The molecule has 2 aromatic heterocycles. The molecule has 0 atom stereocenters. The third kappa shape index (κ3) is 2.40. The van der Waals surface area contributed by atoms with Gasteiger partial charge >= 0.3 is 0 Å². The molecule has 0 bridgehead atoms. The average Bonchev–Trinajstić information content (AvgIpc) is 3.16. The van der Waals surface area contributed by atoms with Gasteiger partial charge in [0.25, 0.3) is 0 Å². The SMILES string of the molecule is CCc1nc2cc(NC=C(C#N)c3nn[nH]n3)ccc2n1C. The zero-order chi connectivity index (χ0) is 15.5. The quantitative estimate of drug-likeness (QED) is 0.708. The molecular weight excluding hydrogens is 280 g/mol. The van der Waals surface area contributed by atoms with Crippen LogP contribution in [0.3, 0.4) is 0 Å². The minimum atomic E-state index is 0.252. The van der Waals surface area contributed by atoms with E-state index in [1.54, 1.807) is 6.20 Å². The Morgan fingerprint density at radius 1 is 1.50 bits per heavy atom. The van der Waals surface area contributed by atoms with E-state index in [1.165, 1.54) is 0 Å². The van der Waals surface area contributed by atoms with E-state index in [0.717, 1.165) is 29.0 Å². The van der Waals surface area contributed by atoms with Gasteiger partial charge in [0, 0.05) is 25.4 Å². The maximum atomic E-state index is 9.12. The number of nitriles is 1. The van der Waals surface area contributed by atoms with Crippen LogP contribution in [0, 0.1) is 11.3 Å². The van der Waals surface area contributed by atoms with Crippen LogP contribution in [0.5, 0.6) is 0 Å². The standard InChI is InChI=1S/C14H14N8/c1-3-13-17-11-6-10(4-5-12(11)22(13)2)16-8-9(7-15)14-18-20-21-19-14/h4-6,8,16H,3H2,1-2H3,(H,18,19,20,21). The molecule has 0 aliphatic carbocycles. The van der Waals surface area contributed by atoms with Gasteiger partial charge in [0.1, 0.15) is 17.5 Å². The van der Waals surface area contributed by atoms with Crippen LogP contribution in [0.15, 0.2) is 24.4 Å². The van der Waals surface area contributed by atoms with Crippen molar-refractivity contribution in [1.82, 2.24) is 30.2 Å². The van der Waals surface area contributed by atoms with Gasteiger partial charge in [-0.25, -0.2) is 4.98 Å². The Morgan fingerprint density at radius 3 is 3.05 bits per heavy atom. The number of rotatable bonds is 4. The van der Waals surface area contributed by atoms with Gasteiger partial charge in [0.2, 0.25) is 5.82 Å². The van der Waals surface area contributed by atoms with Crippen LogP contribution in [-0.4, -0.2) is 30.2 Å². The third-order valence-corrected chi connectivity index (χ3v) is 3.38. The minimum absolute atomic E-state index is 0.252. The predicted molar refractivity (Wildman–Crippen MR) is 81.5 cm³/mol. The van der Waals surface area contributed by atoms with Crippen molar-refractivity contribution >= 4 is 22.3 Å². The molecule has 0 saturated carbocycles. The Morgan fingerprint density at radius 2 is 2.36 bits per heavy atom. The fraction of sp³-hybridized carbons (Fsp3) is 0.214. The van der Waals surface area contributed by atoms with Crippen LogP contribution < -0.4 is 5.32 Å². The predicted octanol–water partition coefficient (Wildman–Crippen LogP) is 1.63. The summed E-state index contributed by atoms with van der Waals surface area (Å²) < 4.78 is 2.08. The molecule has 22 heavy (non-hydrogen) atoms. The van der Waals surface area contributed by atoms with E-state index in [-0.39, 0.29) is 5.82 Å². The molecule has 0 radical (unpaired) electrons. The van der Waals surface area contributed by atoms with Crippen molar-refractivity contribution in [2.45, 2.75) is 13.3 Å². The molecule has 8 heteroatoms. The van der Waals surface area contributed by atoms with Gasteiger partial charge < -0.3 is 9.88 Å². The lowest BCUT2D eigenvalue weighted by Crippen LogP contribution is -1.95. The Hall–Kier alpha value is -3.21. The van der Waals surface area contributed by atoms with Crippen molar-refractivity contribution in [3.8, 4) is 6.07 Å². The summed E-state index contributed by atoms with van der Waals surface area (Å²) in [6.07, 6.45) is 2.43. The summed E-state index contributed by atoms with van der Waals surface area (Å²) in [6, 6.07) is 7.90. The molecule has 8 nitrogen and oxygen atoms in total. The van der Waals surface area contributed by atoms with Crippen molar-refractivity contribution in [3.05, 3.63) is 36.0 Å². The zero-order valence-electron chi connectivity index (χ0n) is 12.2. The highest BCUT2D eigenvalue weighted by molar-refractivity contribution is 5.81. The maximum Gasteiger partial charge on any atom is 0.216 e. The Bertz CT molecular complexity index is 866.